The van der Waals surface area contributed by atoms with Gasteiger partial charge >= 0.3 is 0 Å². The Bertz CT molecular complexity index is 491. The van der Waals surface area contributed by atoms with Gasteiger partial charge in [-0.2, -0.15) is 0 Å². The van der Waals surface area contributed by atoms with Crippen molar-refractivity contribution in [1.82, 2.24) is 15.6 Å². The van der Waals surface area contributed by atoms with Crippen LogP contribution < -0.4 is 16.0 Å². The van der Waals surface area contributed by atoms with Crippen LogP contribution in [0.15, 0.2) is 12.3 Å². The zero-order valence-electron chi connectivity index (χ0n) is 11.8. The number of carbonyl (C=O) groups is 2. The van der Waals surface area contributed by atoms with Crippen LogP contribution >= 0.6 is 0 Å². The van der Waals surface area contributed by atoms with Crippen LogP contribution in [0.2, 0.25) is 0 Å². The normalized spacial score (nSPS) is 10.2. The van der Waals surface area contributed by atoms with Gasteiger partial charge in [-0.3, -0.25) is 9.59 Å². The van der Waals surface area contributed by atoms with Crippen molar-refractivity contribution in [2.75, 3.05) is 18.9 Å². The highest BCUT2D eigenvalue weighted by molar-refractivity contribution is 5.98. The second kappa shape index (κ2) is 7.42. The molecule has 0 bridgehead atoms. The molecule has 1 heterocycles. The lowest BCUT2D eigenvalue weighted by atomic mass is 10.2. The topological polar surface area (TPSA) is 83.1 Å². The molecule has 1 aromatic heterocycles. The molecular formula is C13H19FN4O2. The summed E-state index contributed by atoms with van der Waals surface area (Å²) in [4.78, 5) is 27.1. The molecule has 1 aromatic rings. The molecule has 0 aliphatic heterocycles. The minimum absolute atomic E-state index is 0.0570. The van der Waals surface area contributed by atoms with Gasteiger partial charge in [-0.25, -0.2) is 9.37 Å². The number of hydrogen-bond donors (Lipinski definition) is 3. The average Bonchev–Trinajstić information content (AvgIpc) is 2.37. The molecule has 0 aliphatic rings. The van der Waals surface area contributed by atoms with E-state index < -0.39 is 11.7 Å². The molecule has 0 saturated carbocycles. The van der Waals surface area contributed by atoms with Crippen LogP contribution in [-0.4, -0.2) is 36.4 Å². The quantitative estimate of drug-likeness (QED) is 0.724. The Hall–Kier alpha value is -2.18. The molecule has 0 spiro atoms. The van der Waals surface area contributed by atoms with E-state index in [-0.39, 0.29) is 36.3 Å². The zero-order chi connectivity index (χ0) is 15.1. The van der Waals surface area contributed by atoms with E-state index in [2.05, 4.69) is 20.9 Å². The molecular weight excluding hydrogens is 263 g/mol. The van der Waals surface area contributed by atoms with Gasteiger partial charge in [-0.1, -0.05) is 0 Å². The van der Waals surface area contributed by atoms with Gasteiger partial charge in [0.05, 0.1) is 11.8 Å². The molecule has 1 rings (SSSR count). The van der Waals surface area contributed by atoms with Crippen LogP contribution in [-0.2, 0) is 4.79 Å². The molecule has 6 nitrogen and oxygen atoms in total. The van der Waals surface area contributed by atoms with Gasteiger partial charge in [0, 0.05) is 26.1 Å². The molecule has 0 saturated heterocycles. The second-order valence-corrected chi connectivity index (χ2v) is 4.53. The first-order chi connectivity index (χ1) is 9.43. The lowest BCUT2D eigenvalue weighted by Gasteiger charge is -2.10. The molecule has 0 atom stereocenters. The number of rotatable bonds is 6. The van der Waals surface area contributed by atoms with Crippen LogP contribution in [0, 0.1) is 5.82 Å². The number of amides is 2. The monoisotopic (exact) mass is 282 g/mol. The lowest BCUT2D eigenvalue weighted by molar-refractivity contribution is -0.121. The number of halogens is 1. The minimum Gasteiger partial charge on any atom is -0.372 e. The summed E-state index contributed by atoms with van der Waals surface area (Å²) < 4.78 is 13.1. The Kier molecular flexibility index (Phi) is 5.89. The summed E-state index contributed by atoms with van der Waals surface area (Å²) in [6.07, 6.45) is 1.19. The average molecular weight is 282 g/mol. The maximum absolute atomic E-state index is 13.1. The van der Waals surface area contributed by atoms with Crippen LogP contribution in [0.3, 0.4) is 0 Å². The lowest BCUT2D eigenvalue weighted by Crippen LogP contribution is -2.34. The molecule has 0 aliphatic carbocycles. The first-order valence-electron chi connectivity index (χ1n) is 6.35. The number of pyridine rings is 1. The molecule has 3 N–H and O–H groups in total. The fraction of sp³-hybridized carbons (Fsp3) is 0.462. The summed E-state index contributed by atoms with van der Waals surface area (Å²) in [6.45, 7) is 3.89. The zero-order valence-corrected chi connectivity index (χ0v) is 11.8. The largest absolute Gasteiger partial charge is 0.372 e. The van der Waals surface area contributed by atoms with Crippen molar-refractivity contribution in [3.63, 3.8) is 0 Å². The molecule has 0 radical (unpaired) electrons. The Morgan fingerprint density at radius 1 is 1.40 bits per heavy atom. The highest BCUT2D eigenvalue weighted by Crippen LogP contribution is 2.12. The highest BCUT2D eigenvalue weighted by atomic mass is 19.1. The number of aromatic nitrogens is 1. The molecule has 110 valence electrons. The van der Waals surface area contributed by atoms with Crippen LogP contribution in [0.5, 0.6) is 0 Å². The first kappa shape index (κ1) is 15.9. The van der Waals surface area contributed by atoms with Crippen LogP contribution in [0.25, 0.3) is 0 Å². The third kappa shape index (κ3) is 4.83. The standard InChI is InChI=1S/C13H19FN4O2/c1-8(2)18-11(19)4-5-16-13(20)10-6-9(14)7-17-12(10)15-3/h6-8H,4-5H2,1-3H3,(H,15,17)(H,16,20)(H,18,19). The van der Waals surface area contributed by atoms with Crippen molar-refractivity contribution in [3.8, 4) is 0 Å². The fourth-order valence-corrected chi connectivity index (χ4v) is 1.59. The second-order valence-electron chi connectivity index (χ2n) is 4.53. The number of carbonyl (C=O) groups excluding carboxylic acids is 2. The van der Waals surface area contributed by atoms with E-state index in [1.54, 1.807) is 7.05 Å². The Balaban J connectivity index is 2.55. The first-order valence-corrected chi connectivity index (χ1v) is 6.35. The van der Waals surface area contributed by atoms with Gasteiger partial charge in [-0.05, 0) is 19.9 Å². The Labute approximate surface area is 117 Å². The predicted octanol–water partition coefficient (Wildman–Crippen LogP) is 0.907. The van der Waals surface area contributed by atoms with Crippen molar-refractivity contribution in [1.29, 1.82) is 0 Å². The third-order valence-corrected chi connectivity index (χ3v) is 2.42. The summed E-state index contributed by atoms with van der Waals surface area (Å²) in [5.41, 5.74) is 0.108. The van der Waals surface area contributed by atoms with Crippen molar-refractivity contribution < 1.29 is 14.0 Å². The van der Waals surface area contributed by atoms with Gasteiger partial charge < -0.3 is 16.0 Å². The third-order valence-electron chi connectivity index (χ3n) is 2.42. The Morgan fingerprint density at radius 3 is 2.70 bits per heavy atom. The number of nitrogens with zero attached hydrogens (tertiary/aromatic N) is 1. The number of nitrogens with one attached hydrogen (secondary N) is 3. The summed E-state index contributed by atoms with van der Waals surface area (Å²) in [7, 11) is 1.59. The summed E-state index contributed by atoms with van der Waals surface area (Å²) in [6, 6.07) is 1.16. The minimum atomic E-state index is -0.591. The summed E-state index contributed by atoms with van der Waals surface area (Å²) >= 11 is 0. The Morgan fingerprint density at radius 2 is 2.10 bits per heavy atom. The van der Waals surface area contributed by atoms with E-state index in [9.17, 15) is 14.0 Å². The van der Waals surface area contributed by atoms with Gasteiger partial charge in [0.15, 0.2) is 0 Å². The van der Waals surface area contributed by atoms with Crippen molar-refractivity contribution in [2.45, 2.75) is 26.3 Å². The molecule has 7 heteroatoms. The van der Waals surface area contributed by atoms with Crippen molar-refractivity contribution in [2.24, 2.45) is 0 Å². The predicted molar refractivity (Wildman–Crippen MR) is 74.0 cm³/mol. The van der Waals surface area contributed by atoms with E-state index in [4.69, 9.17) is 0 Å². The van der Waals surface area contributed by atoms with E-state index in [0.29, 0.717) is 0 Å². The summed E-state index contributed by atoms with van der Waals surface area (Å²) in [5.74, 6) is -0.924. The summed E-state index contributed by atoms with van der Waals surface area (Å²) in [5, 5.41) is 7.98. The van der Waals surface area contributed by atoms with Crippen LogP contribution in [0.4, 0.5) is 10.2 Å². The number of anilines is 1. The van der Waals surface area contributed by atoms with Gasteiger partial charge in [0.1, 0.15) is 11.6 Å². The van der Waals surface area contributed by atoms with Crippen LogP contribution in [0.1, 0.15) is 30.6 Å². The van der Waals surface area contributed by atoms with E-state index in [0.717, 1.165) is 12.3 Å². The smallest absolute Gasteiger partial charge is 0.255 e. The molecule has 0 unspecified atom stereocenters. The molecule has 0 aromatic carbocycles. The van der Waals surface area contributed by atoms with E-state index in [1.165, 1.54) is 0 Å². The molecule has 20 heavy (non-hydrogen) atoms. The van der Waals surface area contributed by atoms with Gasteiger partial charge in [-0.15, -0.1) is 0 Å². The van der Waals surface area contributed by atoms with Gasteiger partial charge in [0.25, 0.3) is 5.91 Å². The maximum atomic E-state index is 13.1. The van der Waals surface area contributed by atoms with E-state index in [1.807, 2.05) is 13.8 Å². The maximum Gasteiger partial charge on any atom is 0.255 e. The van der Waals surface area contributed by atoms with Gasteiger partial charge in [0.2, 0.25) is 5.91 Å². The highest BCUT2D eigenvalue weighted by Gasteiger charge is 2.13. The van der Waals surface area contributed by atoms with Crippen molar-refractivity contribution in [3.05, 3.63) is 23.6 Å². The fourth-order valence-electron chi connectivity index (χ4n) is 1.59. The number of hydrogen-bond acceptors (Lipinski definition) is 4. The van der Waals surface area contributed by atoms with E-state index >= 15 is 0 Å². The molecule has 0 fully saturated rings. The van der Waals surface area contributed by atoms with Crippen molar-refractivity contribution >= 4 is 17.6 Å². The SMILES string of the molecule is CNc1ncc(F)cc1C(=O)NCCC(=O)NC(C)C. The molecule has 2 amide bonds.